The summed E-state index contributed by atoms with van der Waals surface area (Å²) in [5.74, 6) is 0.920. The fourth-order valence-electron chi connectivity index (χ4n) is 3.84. The minimum absolute atomic E-state index is 0.0317. The van der Waals surface area contributed by atoms with Crippen LogP contribution in [0, 0.1) is 0 Å². The number of nitrogens with zero attached hydrogens (tertiary/aromatic N) is 1. The van der Waals surface area contributed by atoms with Crippen LogP contribution in [0.4, 0.5) is 11.4 Å². The second kappa shape index (κ2) is 7.55. The highest BCUT2D eigenvalue weighted by molar-refractivity contribution is 6.08. The van der Waals surface area contributed by atoms with E-state index in [0.717, 1.165) is 24.1 Å². The van der Waals surface area contributed by atoms with E-state index in [9.17, 15) is 9.59 Å². The molecule has 0 spiro atoms. The van der Waals surface area contributed by atoms with E-state index in [0.29, 0.717) is 34.9 Å². The van der Waals surface area contributed by atoms with Crippen molar-refractivity contribution in [1.29, 1.82) is 0 Å². The molecule has 2 amide bonds. The van der Waals surface area contributed by atoms with Gasteiger partial charge in [-0.05, 0) is 60.9 Å². The molecule has 0 bridgehead atoms. The van der Waals surface area contributed by atoms with Crippen molar-refractivity contribution < 1.29 is 19.1 Å². The van der Waals surface area contributed by atoms with Gasteiger partial charge in [-0.1, -0.05) is 24.3 Å². The Morgan fingerprint density at radius 3 is 2.57 bits per heavy atom. The third-order valence-corrected chi connectivity index (χ3v) is 5.36. The summed E-state index contributed by atoms with van der Waals surface area (Å²) in [4.78, 5) is 27.6. The van der Waals surface area contributed by atoms with Gasteiger partial charge in [0, 0.05) is 29.0 Å². The van der Waals surface area contributed by atoms with Crippen LogP contribution in [0.3, 0.4) is 0 Å². The van der Waals surface area contributed by atoms with Crippen LogP contribution in [-0.4, -0.2) is 25.2 Å². The Kier molecular flexibility index (Phi) is 4.59. The molecule has 0 saturated heterocycles. The summed E-state index contributed by atoms with van der Waals surface area (Å²) in [5.41, 5.74) is 3.73. The van der Waals surface area contributed by atoms with Crippen molar-refractivity contribution in [2.45, 2.75) is 12.8 Å². The molecule has 2 heterocycles. The Hall–Kier alpha value is -3.80. The topological polar surface area (TPSA) is 67.9 Å². The van der Waals surface area contributed by atoms with Crippen molar-refractivity contribution in [3.05, 3.63) is 83.4 Å². The van der Waals surface area contributed by atoms with Crippen LogP contribution in [0.15, 0.2) is 66.7 Å². The molecule has 3 aromatic carbocycles. The molecule has 30 heavy (non-hydrogen) atoms. The van der Waals surface area contributed by atoms with E-state index in [-0.39, 0.29) is 18.6 Å². The molecule has 0 radical (unpaired) electrons. The van der Waals surface area contributed by atoms with Gasteiger partial charge in [0.1, 0.15) is 0 Å². The first-order valence-corrected chi connectivity index (χ1v) is 9.90. The van der Waals surface area contributed by atoms with E-state index in [4.69, 9.17) is 9.47 Å². The van der Waals surface area contributed by atoms with Crippen molar-refractivity contribution >= 4 is 23.2 Å². The monoisotopic (exact) mass is 400 g/mol. The van der Waals surface area contributed by atoms with E-state index in [1.54, 1.807) is 23.1 Å². The summed E-state index contributed by atoms with van der Waals surface area (Å²) in [5, 5.41) is 2.93. The SMILES string of the molecule is O=C(Nc1ccc2c(c1)N(C(=O)c1ccccc1)CCC2)c1ccc2c(c1)OCO2. The average Bonchev–Trinajstić information content (AvgIpc) is 3.27. The Bertz CT molecular complexity index is 1130. The van der Waals surface area contributed by atoms with Crippen molar-refractivity contribution in [2.75, 3.05) is 23.6 Å². The third-order valence-electron chi connectivity index (χ3n) is 5.36. The molecular formula is C24H20N2O4. The zero-order valence-electron chi connectivity index (χ0n) is 16.3. The van der Waals surface area contributed by atoms with Gasteiger partial charge in [-0.25, -0.2) is 0 Å². The van der Waals surface area contributed by atoms with Gasteiger partial charge in [0.15, 0.2) is 11.5 Å². The van der Waals surface area contributed by atoms with Crippen molar-refractivity contribution in [3.8, 4) is 11.5 Å². The van der Waals surface area contributed by atoms with E-state index in [1.165, 1.54) is 0 Å². The molecule has 0 saturated carbocycles. The van der Waals surface area contributed by atoms with Crippen LogP contribution < -0.4 is 19.7 Å². The van der Waals surface area contributed by atoms with Crippen LogP contribution in [0.1, 0.15) is 32.7 Å². The lowest BCUT2D eigenvalue weighted by Crippen LogP contribution is -2.35. The maximum absolute atomic E-state index is 13.0. The number of anilines is 2. The maximum atomic E-state index is 13.0. The Morgan fingerprint density at radius 2 is 1.70 bits per heavy atom. The summed E-state index contributed by atoms with van der Waals surface area (Å²) in [7, 11) is 0. The van der Waals surface area contributed by atoms with Gasteiger partial charge >= 0.3 is 0 Å². The molecule has 150 valence electrons. The number of carbonyl (C=O) groups excluding carboxylic acids is 2. The molecule has 0 fully saturated rings. The number of ether oxygens (including phenoxy) is 2. The van der Waals surface area contributed by atoms with Gasteiger partial charge in [-0.2, -0.15) is 0 Å². The molecule has 2 aliphatic rings. The lowest BCUT2D eigenvalue weighted by atomic mass is 10.00. The quantitative estimate of drug-likeness (QED) is 0.713. The molecule has 2 aliphatic heterocycles. The number of benzene rings is 3. The van der Waals surface area contributed by atoms with Crippen LogP contribution in [0.5, 0.6) is 11.5 Å². The summed E-state index contributed by atoms with van der Waals surface area (Å²) in [6.45, 7) is 0.816. The first-order chi connectivity index (χ1) is 14.7. The van der Waals surface area contributed by atoms with Gasteiger partial charge in [-0.15, -0.1) is 0 Å². The zero-order chi connectivity index (χ0) is 20.5. The number of amides is 2. The van der Waals surface area contributed by atoms with Crippen LogP contribution in [0.2, 0.25) is 0 Å². The smallest absolute Gasteiger partial charge is 0.258 e. The summed E-state index contributed by atoms with van der Waals surface area (Å²) in [6.07, 6.45) is 1.82. The van der Waals surface area contributed by atoms with Crippen molar-refractivity contribution in [1.82, 2.24) is 0 Å². The summed E-state index contributed by atoms with van der Waals surface area (Å²) >= 11 is 0. The minimum atomic E-state index is -0.245. The van der Waals surface area contributed by atoms with Gasteiger partial charge in [0.2, 0.25) is 6.79 Å². The number of aryl methyl sites for hydroxylation is 1. The van der Waals surface area contributed by atoms with E-state index in [2.05, 4.69) is 5.32 Å². The summed E-state index contributed by atoms with van der Waals surface area (Å²) in [6, 6.07) is 20.1. The average molecular weight is 400 g/mol. The highest BCUT2D eigenvalue weighted by atomic mass is 16.7. The lowest BCUT2D eigenvalue weighted by Gasteiger charge is -2.30. The predicted molar refractivity (Wildman–Crippen MR) is 113 cm³/mol. The third kappa shape index (κ3) is 3.37. The van der Waals surface area contributed by atoms with E-state index >= 15 is 0 Å². The maximum Gasteiger partial charge on any atom is 0.258 e. The number of rotatable bonds is 3. The van der Waals surface area contributed by atoms with Gasteiger partial charge in [0.25, 0.3) is 11.8 Å². The fourth-order valence-corrected chi connectivity index (χ4v) is 3.84. The first kappa shape index (κ1) is 18.2. The number of carbonyl (C=O) groups is 2. The number of hydrogen-bond acceptors (Lipinski definition) is 4. The van der Waals surface area contributed by atoms with Crippen molar-refractivity contribution in [2.24, 2.45) is 0 Å². The lowest BCUT2D eigenvalue weighted by molar-refractivity contribution is 0.0984. The predicted octanol–water partition coefficient (Wildman–Crippen LogP) is 4.26. The largest absolute Gasteiger partial charge is 0.454 e. The standard InChI is InChI=1S/C24H20N2O4/c27-23(18-9-11-21-22(13-18)30-15-29-21)25-19-10-8-16-7-4-12-26(20(16)14-19)24(28)17-5-2-1-3-6-17/h1-3,5-6,8-11,13-14H,4,7,12,15H2,(H,25,27). The van der Waals surface area contributed by atoms with Crippen LogP contribution in [0.25, 0.3) is 0 Å². The van der Waals surface area contributed by atoms with Gasteiger partial charge in [-0.3, -0.25) is 9.59 Å². The van der Waals surface area contributed by atoms with Crippen LogP contribution >= 0.6 is 0 Å². The first-order valence-electron chi connectivity index (χ1n) is 9.90. The normalized spacial score (nSPS) is 14.2. The van der Waals surface area contributed by atoms with E-state index < -0.39 is 0 Å². The molecule has 0 aliphatic carbocycles. The Morgan fingerprint density at radius 1 is 0.867 bits per heavy atom. The summed E-state index contributed by atoms with van der Waals surface area (Å²) < 4.78 is 10.6. The molecule has 0 aromatic heterocycles. The molecule has 5 rings (SSSR count). The number of hydrogen-bond donors (Lipinski definition) is 1. The minimum Gasteiger partial charge on any atom is -0.454 e. The molecular weight excluding hydrogens is 380 g/mol. The fraction of sp³-hybridized carbons (Fsp3) is 0.167. The molecule has 3 aromatic rings. The molecule has 6 nitrogen and oxygen atoms in total. The highest BCUT2D eigenvalue weighted by Crippen LogP contribution is 2.34. The molecule has 1 N–H and O–H groups in total. The second-order valence-corrected chi connectivity index (χ2v) is 7.29. The molecule has 6 heteroatoms. The second-order valence-electron chi connectivity index (χ2n) is 7.29. The zero-order valence-corrected chi connectivity index (χ0v) is 16.3. The molecule has 0 atom stereocenters. The van der Waals surface area contributed by atoms with Crippen molar-refractivity contribution in [3.63, 3.8) is 0 Å². The Balaban J connectivity index is 1.40. The van der Waals surface area contributed by atoms with Gasteiger partial charge in [0.05, 0.1) is 0 Å². The van der Waals surface area contributed by atoms with Gasteiger partial charge < -0.3 is 19.7 Å². The Labute approximate surface area is 174 Å². The number of nitrogens with one attached hydrogen (secondary N) is 1. The molecule has 0 unspecified atom stereocenters. The highest BCUT2D eigenvalue weighted by Gasteiger charge is 2.24. The van der Waals surface area contributed by atoms with Crippen LogP contribution in [-0.2, 0) is 6.42 Å². The number of fused-ring (bicyclic) bond motifs is 2. The van der Waals surface area contributed by atoms with E-state index in [1.807, 2.05) is 48.5 Å².